The molecule has 112 valence electrons. The number of carboxylic acid groups (broad SMARTS) is 1. The molecule has 0 spiro atoms. The highest BCUT2D eigenvalue weighted by molar-refractivity contribution is 6.06. The Morgan fingerprint density at radius 1 is 1.38 bits per heavy atom. The van der Waals surface area contributed by atoms with Gasteiger partial charge in [-0.2, -0.15) is 0 Å². The first kappa shape index (κ1) is 15.2. The van der Waals surface area contributed by atoms with Gasteiger partial charge in [-0.3, -0.25) is 0 Å². The van der Waals surface area contributed by atoms with Crippen LogP contribution in [0, 0.1) is 0 Å². The van der Waals surface area contributed by atoms with Gasteiger partial charge in [-0.25, -0.2) is 9.78 Å². The maximum Gasteiger partial charge on any atom is 0.337 e. The zero-order valence-electron chi connectivity index (χ0n) is 11.7. The van der Waals surface area contributed by atoms with Gasteiger partial charge >= 0.3 is 5.97 Å². The van der Waals surface area contributed by atoms with E-state index in [2.05, 4.69) is 10.3 Å². The molecule has 21 heavy (non-hydrogen) atoms. The van der Waals surface area contributed by atoms with E-state index in [9.17, 15) is 9.90 Å². The Hall–Kier alpha value is -2.18. The van der Waals surface area contributed by atoms with Crippen molar-refractivity contribution in [3.63, 3.8) is 0 Å². The average Bonchev–Trinajstić information content (AvgIpc) is 2.47. The summed E-state index contributed by atoms with van der Waals surface area (Å²) in [4.78, 5) is 15.4. The lowest BCUT2D eigenvalue weighted by Gasteiger charge is -2.19. The third kappa shape index (κ3) is 3.48. The van der Waals surface area contributed by atoms with E-state index in [4.69, 9.17) is 9.84 Å². The highest BCUT2D eigenvalue weighted by Crippen LogP contribution is 2.25. The number of aliphatic hydroxyl groups is 1. The van der Waals surface area contributed by atoms with E-state index in [-0.39, 0.29) is 18.2 Å². The summed E-state index contributed by atoms with van der Waals surface area (Å²) in [6, 6.07) is 7.10. The molecule has 6 nitrogen and oxygen atoms in total. The van der Waals surface area contributed by atoms with Gasteiger partial charge in [0.25, 0.3) is 0 Å². The van der Waals surface area contributed by atoms with Crippen LogP contribution in [0.1, 0.15) is 16.8 Å². The number of hydrogen-bond donors (Lipinski definition) is 3. The highest BCUT2D eigenvalue weighted by atomic mass is 16.5. The number of rotatable bonds is 7. The van der Waals surface area contributed by atoms with Gasteiger partial charge in [-0.15, -0.1) is 0 Å². The lowest BCUT2D eigenvalue weighted by atomic mass is 10.1. The normalized spacial score (nSPS) is 12.3. The molecule has 0 amide bonds. The quantitative estimate of drug-likeness (QED) is 0.719. The molecule has 0 bridgehead atoms. The van der Waals surface area contributed by atoms with Gasteiger partial charge < -0.3 is 20.3 Å². The molecule has 2 rings (SSSR count). The van der Waals surface area contributed by atoms with Crippen molar-refractivity contribution in [3.05, 3.63) is 36.0 Å². The Morgan fingerprint density at radius 2 is 2.10 bits per heavy atom. The van der Waals surface area contributed by atoms with Crippen LogP contribution in [-0.4, -0.2) is 47.5 Å². The number of nitrogens with zero attached hydrogens (tertiary/aromatic N) is 1. The molecule has 0 aliphatic rings. The van der Waals surface area contributed by atoms with Crippen LogP contribution in [0.15, 0.2) is 30.5 Å². The summed E-state index contributed by atoms with van der Waals surface area (Å²) in [6.45, 7) is 0.462. The van der Waals surface area contributed by atoms with Crippen LogP contribution in [0.5, 0.6) is 0 Å². The summed E-state index contributed by atoms with van der Waals surface area (Å²) in [5, 5.41) is 22.8. The minimum Gasteiger partial charge on any atom is -0.478 e. The van der Waals surface area contributed by atoms with Crippen molar-refractivity contribution in [1.82, 2.24) is 4.98 Å². The number of aliphatic hydroxyl groups excluding tert-OH is 1. The molecule has 6 heteroatoms. The van der Waals surface area contributed by atoms with Crippen LogP contribution in [0.4, 0.5) is 5.82 Å². The second-order valence-electron chi connectivity index (χ2n) is 4.68. The van der Waals surface area contributed by atoms with E-state index in [0.29, 0.717) is 24.2 Å². The fourth-order valence-corrected chi connectivity index (χ4v) is 2.23. The average molecular weight is 290 g/mol. The number of hydrogen-bond acceptors (Lipinski definition) is 5. The van der Waals surface area contributed by atoms with Crippen molar-refractivity contribution in [2.24, 2.45) is 0 Å². The van der Waals surface area contributed by atoms with Gasteiger partial charge in [-0.05, 0) is 6.42 Å². The summed E-state index contributed by atoms with van der Waals surface area (Å²) in [5.41, 5.74) is 0.168. The van der Waals surface area contributed by atoms with Crippen LogP contribution < -0.4 is 5.32 Å². The molecule has 1 aromatic carbocycles. The number of aromatic nitrogens is 1. The van der Waals surface area contributed by atoms with Crippen LogP contribution in [-0.2, 0) is 4.74 Å². The summed E-state index contributed by atoms with van der Waals surface area (Å²) in [5.74, 6) is -0.417. The Labute approximate surface area is 122 Å². The predicted octanol–water partition coefficient (Wildman–Crippen LogP) is 1.74. The molecule has 1 heterocycles. The minimum atomic E-state index is -1.01. The topological polar surface area (TPSA) is 91.7 Å². The fraction of sp³-hybridized carbons (Fsp3) is 0.333. The molecule has 0 aliphatic heterocycles. The predicted molar refractivity (Wildman–Crippen MR) is 79.7 cm³/mol. The van der Waals surface area contributed by atoms with E-state index in [1.165, 1.54) is 6.20 Å². The Bertz CT molecular complexity index is 624. The van der Waals surface area contributed by atoms with Crippen molar-refractivity contribution < 1.29 is 19.7 Å². The number of ether oxygens (including phenoxy) is 1. The van der Waals surface area contributed by atoms with Crippen molar-refractivity contribution in [1.29, 1.82) is 0 Å². The van der Waals surface area contributed by atoms with Gasteiger partial charge in [0, 0.05) is 30.7 Å². The summed E-state index contributed by atoms with van der Waals surface area (Å²) in [7, 11) is 1.59. The first-order valence-corrected chi connectivity index (χ1v) is 6.64. The third-order valence-corrected chi connectivity index (χ3v) is 3.21. The molecule has 0 saturated heterocycles. The van der Waals surface area contributed by atoms with Crippen LogP contribution >= 0.6 is 0 Å². The Balaban J connectivity index is 2.40. The zero-order chi connectivity index (χ0) is 15.2. The molecule has 0 fully saturated rings. The lowest BCUT2D eigenvalue weighted by molar-refractivity contribution is 0.0698. The Morgan fingerprint density at radius 3 is 2.71 bits per heavy atom. The SMILES string of the molecule is COCC(CCO)Nc1ncc(C(=O)O)c2ccccc12. The number of pyridine rings is 1. The third-order valence-electron chi connectivity index (χ3n) is 3.21. The van der Waals surface area contributed by atoms with E-state index < -0.39 is 5.97 Å². The van der Waals surface area contributed by atoms with E-state index in [0.717, 1.165) is 5.39 Å². The number of carboxylic acids is 1. The second-order valence-corrected chi connectivity index (χ2v) is 4.68. The molecule has 1 atom stereocenters. The first-order chi connectivity index (χ1) is 10.2. The second kappa shape index (κ2) is 7.01. The van der Waals surface area contributed by atoms with Crippen LogP contribution in [0.25, 0.3) is 10.8 Å². The largest absolute Gasteiger partial charge is 0.478 e. The number of benzene rings is 1. The lowest BCUT2D eigenvalue weighted by Crippen LogP contribution is -2.26. The number of anilines is 1. The number of fused-ring (bicyclic) bond motifs is 1. The van der Waals surface area contributed by atoms with E-state index in [1.807, 2.05) is 12.1 Å². The molecular formula is C15H18N2O4. The van der Waals surface area contributed by atoms with Crippen molar-refractivity contribution >= 4 is 22.6 Å². The number of methoxy groups -OCH3 is 1. The fourth-order valence-electron chi connectivity index (χ4n) is 2.23. The minimum absolute atomic E-state index is 0.0339. The van der Waals surface area contributed by atoms with E-state index in [1.54, 1.807) is 19.2 Å². The maximum atomic E-state index is 11.2. The van der Waals surface area contributed by atoms with Gasteiger partial charge in [0.2, 0.25) is 0 Å². The van der Waals surface area contributed by atoms with Gasteiger partial charge in [0.1, 0.15) is 5.82 Å². The molecule has 0 radical (unpaired) electrons. The number of carbonyl (C=O) groups is 1. The van der Waals surface area contributed by atoms with Gasteiger partial charge in [-0.1, -0.05) is 24.3 Å². The summed E-state index contributed by atoms with van der Waals surface area (Å²) < 4.78 is 5.11. The maximum absolute atomic E-state index is 11.2. The van der Waals surface area contributed by atoms with Gasteiger partial charge in [0.15, 0.2) is 0 Å². The van der Waals surface area contributed by atoms with Gasteiger partial charge in [0.05, 0.1) is 18.2 Å². The molecule has 1 aromatic heterocycles. The molecule has 2 aromatic rings. The smallest absolute Gasteiger partial charge is 0.337 e. The standard InChI is InChI=1S/C15H18N2O4/c1-21-9-10(6-7-18)17-14-12-5-3-2-4-11(12)13(8-16-14)15(19)20/h2-5,8,10,18H,6-7,9H2,1H3,(H,16,17)(H,19,20). The first-order valence-electron chi connectivity index (χ1n) is 6.64. The summed E-state index contributed by atoms with van der Waals surface area (Å²) in [6.07, 6.45) is 1.86. The molecule has 3 N–H and O–H groups in total. The molecule has 0 aliphatic carbocycles. The molecule has 0 saturated carbocycles. The van der Waals surface area contributed by atoms with E-state index >= 15 is 0 Å². The molecular weight excluding hydrogens is 272 g/mol. The monoisotopic (exact) mass is 290 g/mol. The van der Waals surface area contributed by atoms with Crippen molar-refractivity contribution in [2.75, 3.05) is 25.6 Å². The van der Waals surface area contributed by atoms with Crippen LogP contribution in [0.3, 0.4) is 0 Å². The Kier molecular flexibility index (Phi) is 5.08. The number of aromatic carboxylic acids is 1. The highest BCUT2D eigenvalue weighted by Gasteiger charge is 2.15. The van der Waals surface area contributed by atoms with Crippen molar-refractivity contribution in [3.8, 4) is 0 Å². The van der Waals surface area contributed by atoms with Crippen molar-refractivity contribution in [2.45, 2.75) is 12.5 Å². The van der Waals surface area contributed by atoms with Crippen LogP contribution in [0.2, 0.25) is 0 Å². The number of nitrogens with one attached hydrogen (secondary N) is 1. The zero-order valence-corrected chi connectivity index (χ0v) is 11.7. The summed E-state index contributed by atoms with van der Waals surface area (Å²) >= 11 is 0. The molecule has 1 unspecified atom stereocenters.